The highest BCUT2D eigenvalue weighted by Gasteiger charge is 2.11. The molecule has 5 nitrogen and oxygen atoms in total. The van der Waals surface area contributed by atoms with Gasteiger partial charge in [-0.3, -0.25) is 10.1 Å². The molecular formula is C15H8Cl2N2O3. The molecule has 0 atom stereocenters. The summed E-state index contributed by atoms with van der Waals surface area (Å²) < 4.78 is 5.53. The number of benzene rings is 2. The molecule has 3 aromatic rings. The molecule has 0 radical (unpaired) electrons. The summed E-state index contributed by atoms with van der Waals surface area (Å²) in [6.07, 6.45) is 3.29. The molecule has 0 aliphatic carbocycles. The summed E-state index contributed by atoms with van der Waals surface area (Å²) in [5.41, 5.74) is 1.74. The first kappa shape index (κ1) is 14.6. The summed E-state index contributed by atoms with van der Waals surface area (Å²) in [5.74, 6) is 0.384. The Morgan fingerprint density at radius 3 is 2.73 bits per heavy atom. The van der Waals surface area contributed by atoms with Gasteiger partial charge in [0.25, 0.3) is 5.69 Å². The fourth-order valence-electron chi connectivity index (χ4n) is 1.93. The molecule has 0 spiro atoms. The smallest absolute Gasteiger partial charge is 0.288 e. The largest absolute Gasteiger partial charge is 0.437 e. The first-order valence-electron chi connectivity index (χ1n) is 6.21. The van der Waals surface area contributed by atoms with E-state index in [4.69, 9.17) is 27.6 Å². The van der Waals surface area contributed by atoms with Crippen LogP contribution in [0.4, 0.5) is 5.69 Å². The quantitative estimate of drug-likeness (QED) is 0.486. The zero-order valence-electron chi connectivity index (χ0n) is 11.0. The van der Waals surface area contributed by atoms with Crippen LogP contribution in [0.25, 0.3) is 23.3 Å². The van der Waals surface area contributed by atoms with Crippen molar-refractivity contribution in [3.63, 3.8) is 0 Å². The lowest BCUT2D eigenvalue weighted by atomic mass is 10.2. The zero-order valence-corrected chi connectivity index (χ0v) is 12.5. The maximum absolute atomic E-state index is 10.9. The van der Waals surface area contributed by atoms with E-state index in [1.165, 1.54) is 12.1 Å². The second-order valence-corrected chi connectivity index (χ2v) is 5.31. The highest BCUT2D eigenvalue weighted by Crippen LogP contribution is 2.26. The van der Waals surface area contributed by atoms with Crippen molar-refractivity contribution < 1.29 is 9.34 Å². The Balaban J connectivity index is 1.92. The lowest BCUT2D eigenvalue weighted by Crippen LogP contribution is -1.89. The lowest BCUT2D eigenvalue weighted by molar-refractivity contribution is -0.384. The predicted molar refractivity (Wildman–Crippen MR) is 86.1 cm³/mol. The Kier molecular flexibility index (Phi) is 3.83. The summed E-state index contributed by atoms with van der Waals surface area (Å²) >= 11 is 11.7. The van der Waals surface area contributed by atoms with E-state index in [9.17, 15) is 10.1 Å². The van der Waals surface area contributed by atoms with Crippen LogP contribution in [0.5, 0.6) is 0 Å². The maximum Gasteiger partial charge on any atom is 0.288 e. The number of nitrogens with zero attached hydrogens (tertiary/aromatic N) is 2. The topological polar surface area (TPSA) is 69.2 Å². The predicted octanol–water partition coefficient (Wildman–Crippen LogP) is 5.21. The van der Waals surface area contributed by atoms with E-state index in [-0.39, 0.29) is 10.7 Å². The van der Waals surface area contributed by atoms with Crippen molar-refractivity contribution in [2.75, 3.05) is 0 Å². The molecule has 0 saturated carbocycles. The maximum atomic E-state index is 10.9. The van der Waals surface area contributed by atoms with Crippen LogP contribution < -0.4 is 0 Å². The van der Waals surface area contributed by atoms with Gasteiger partial charge in [-0.1, -0.05) is 29.3 Å². The molecule has 0 unspecified atom stereocenters. The van der Waals surface area contributed by atoms with Crippen molar-refractivity contribution >= 4 is 52.1 Å². The van der Waals surface area contributed by atoms with Gasteiger partial charge >= 0.3 is 0 Å². The highest BCUT2D eigenvalue weighted by atomic mass is 35.5. The van der Waals surface area contributed by atoms with Crippen LogP contribution in [0.3, 0.4) is 0 Å². The van der Waals surface area contributed by atoms with Crippen LogP contribution in [0.15, 0.2) is 40.8 Å². The SMILES string of the molecule is O=[N+]([O-])c1cc(C=Cc2nc3cc(Cl)ccc3o2)ccc1Cl. The summed E-state index contributed by atoms with van der Waals surface area (Å²) in [5, 5.41) is 11.5. The van der Waals surface area contributed by atoms with Gasteiger partial charge < -0.3 is 4.42 Å². The molecule has 22 heavy (non-hydrogen) atoms. The van der Waals surface area contributed by atoms with Crippen LogP contribution in [0.2, 0.25) is 10.0 Å². The van der Waals surface area contributed by atoms with E-state index in [1.807, 2.05) is 0 Å². The molecular weight excluding hydrogens is 327 g/mol. The highest BCUT2D eigenvalue weighted by molar-refractivity contribution is 6.32. The van der Waals surface area contributed by atoms with Gasteiger partial charge in [0.05, 0.1) is 4.92 Å². The van der Waals surface area contributed by atoms with Crippen molar-refractivity contribution in [2.45, 2.75) is 0 Å². The fourth-order valence-corrected chi connectivity index (χ4v) is 2.28. The molecule has 0 aliphatic heterocycles. The Hall–Kier alpha value is -2.37. The van der Waals surface area contributed by atoms with Crippen molar-refractivity contribution in [1.29, 1.82) is 0 Å². The minimum absolute atomic E-state index is 0.0960. The van der Waals surface area contributed by atoms with Gasteiger partial charge in [-0.2, -0.15) is 0 Å². The third kappa shape index (κ3) is 2.95. The van der Waals surface area contributed by atoms with E-state index in [2.05, 4.69) is 4.98 Å². The first-order valence-corrected chi connectivity index (χ1v) is 6.96. The number of oxazole rings is 1. The molecule has 110 valence electrons. The lowest BCUT2D eigenvalue weighted by Gasteiger charge is -1.96. The van der Waals surface area contributed by atoms with Crippen LogP contribution >= 0.6 is 23.2 Å². The summed E-state index contributed by atoms with van der Waals surface area (Å²) in [4.78, 5) is 14.6. The number of hydrogen-bond donors (Lipinski definition) is 0. The van der Waals surface area contributed by atoms with Crippen LogP contribution in [-0.4, -0.2) is 9.91 Å². The van der Waals surface area contributed by atoms with Crippen LogP contribution in [0, 0.1) is 10.1 Å². The Labute approximate surface area is 134 Å². The van der Waals surface area contributed by atoms with E-state index in [0.29, 0.717) is 27.6 Å². The first-order chi connectivity index (χ1) is 10.5. The average Bonchev–Trinajstić information content (AvgIpc) is 2.88. The minimum atomic E-state index is -0.527. The third-order valence-electron chi connectivity index (χ3n) is 2.95. The summed E-state index contributed by atoms with van der Waals surface area (Å²) in [6.45, 7) is 0. The normalized spacial score (nSPS) is 11.4. The molecule has 0 aliphatic rings. The molecule has 0 fully saturated rings. The second kappa shape index (κ2) is 5.79. The average molecular weight is 335 g/mol. The van der Waals surface area contributed by atoms with Crippen molar-refractivity contribution in [3.05, 3.63) is 68.0 Å². The van der Waals surface area contributed by atoms with Gasteiger partial charge in [-0.05, 0) is 35.9 Å². The molecule has 0 saturated heterocycles. The Morgan fingerprint density at radius 1 is 1.14 bits per heavy atom. The van der Waals surface area contributed by atoms with E-state index in [1.54, 1.807) is 36.4 Å². The summed E-state index contributed by atoms with van der Waals surface area (Å²) in [7, 11) is 0. The van der Waals surface area contributed by atoms with E-state index in [0.717, 1.165) is 0 Å². The van der Waals surface area contributed by atoms with Gasteiger partial charge in [0.15, 0.2) is 5.58 Å². The molecule has 1 heterocycles. The molecule has 0 bridgehead atoms. The number of rotatable bonds is 3. The van der Waals surface area contributed by atoms with Gasteiger partial charge in [-0.15, -0.1) is 0 Å². The molecule has 3 rings (SSSR count). The van der Waals surface area contributed by atoms with Gasteiger partial charge in [0.1, 0.15) is 10.5 Å². The summed E-state index contributed by atoms with van der Waals surface area (Å²) in [6, 6.07) is 9.68. The molecule has 0 amide bonds. The van der Waals surface area contributed by atoms with Gasteiger partial charge in [0.2, 0.25) is 5.89 Å². The van der Waals surface area contributed by atoms with Gasteiger partial charge in [0, 0.05) is 17.2 Å². The number of nitro groups is 1. The zero-order chi connectivity index (χ0) is 15.7. The molecule has 0 N–H and O–H groups in total. The Morgan fingerprint density at radius 2 is 1.95 bits per heavy atom. The number of hydrogen-bond acceptors (Lipinski definition) is 4. The standard InChI is InChI=1S/C15H8Cl2N2O3/c16-10-3-5-14-12(8-10)18-15(22-14)6-2-9-1-4-11(17)13(7-9)19(20)21/h1-8H. The minimum Gasteiger partial charge on any atom is -0.437 e. The van der Waals surface area contributed by atoms with Crippen molar-refractivity contribution in [2.24, 2.45) is 0 Å². The van der Waals surface area contributed by atoms with Crippen LogP contribution in [-0.2, 0) is 0 Å². The number of halogens is 2. The van der Waals surface area contributed by atoms with Crippen molar-refractivity contribution in [3.8, 4) is 0 Å². The molecule has 2 aromatic carbocycles. The van der Waals surface area contributed by atoms with Crippen molar-refractivity contribution in [1.82, 2.24) is 4.98 Å². The van der Waals surface area contributed by atoms with E-state index >= 15 is 0 Å². The molecule has 1 aromatic heterocycles. The number of aromatic nitrogens is 1. The number of nitro benzene ring substituents is 1. The fraction of sp³-hybridized carbons (Fsp3) is 0. The second-order valence-electron chi connectivity index (χ2n) is 4.47. The third-order valence-corrected chi connectivity index (χ3v) is 3.51. The van der Waals surface area contributed by atoms with Crippen LogP contribution in [0.1, 0.15) is 11.5 Å². The Bertz CT molecular complexity index is 903. The monoisotopic (exact) mass is 334 g/mol. The molecule has 7 heteroatoms. The van der Waals surface area contributed by atoms with Gasteiger partial charge in [-0.25, -0.2) is 4.98 Å². The number of fused-ring (bicyclic) bond motifs is 1. The van der Waals surface area contributed by atoms with E-state index < -0.39 is 4.92 Å².